The number of unbranched alkanes of at least 4 members (excludes halogenated alkanes) is 1. The highest BCUT2D eigenvalue weighted by Gasteiger charge is 2.19. The van der Waals surface area contributed by atoms with Crippen LogP contribution in [0.4, 0.5) is 5.69 Å². The van der Waals surface area contributed by atoms with E-state index in [4.69, 9.17) is 15.2 Å². The number of piperazine rings is 1. The molecule has 160 valence electrons. The fourth-order valence-electron chi connectivity index (χ4n) is 3.99. The van der Waals surface area contributed by atoms with Crippen molar-refractivity contribution in [2.45, 2.75) is 19.4 Å². The van der Waals surface area contributed by atoms with Crippen LogP contribution in [-0.2, 0) is 6.54 Å². The van der Waals surface area contributed by atoms with E-state index in [1.165, 1.54) is 5.69 Å². The van der Waals surface area contributed by atoms with Gasteiger partial charge in [-0.05, 0) is 37.6 Å². The van der Waals surface area contributed by atoms with Crippen molar-refractivity contribution in [3.63, 3.8) is 0 Å². The summed E-state index contributed by atoms with van der Waals surface area (Å²) in [5.41, 5.74) is 9.02. The maximum atomic E-state index is 5.95. The first-order valence-corrected chi connectivity index (χ1v) is 10.7. The molecule has 1 aliphatic heterocycles. The van der Waals surface area contributed by atoms with Gasteiger partial charge >= 0.3 is 0 Å². The Morgan fingerprint density at radius 3 is 2.70 bits per heavy atom. The minimum Gasteiger partial charge on any atom is -0.495 e. The quantitative estimate of drug-likeness (QED) is 0.548. The summed E-state index contributed by atoms with van der Waals surface area (Å²) < 4.78 is 13.3. The Morgan fingerprint density at radius 1 is 1.07 bits per heavy atom. The summed E-state index contributed by atoms with van der Waals surface area (Å²) >= 11 is 0. The minimum absolute atomic E-state index is 0.483. The van der Waals surface area contributed by atoms with Crippen molar-refractivity contribution in [3.8, 4) is 11.5 Å². The number of para-hydroxylation sites is 2. The number of benzene rings is 1. The fraction of sp³-hybridized carbons (Fsp3) is 0.435. The molecule has 2 aromatic heterocycles. The zero-order chi connectivity index (χ0) is 20.8. The van der Waals surface area contributed by atoms with Crippen LogP contribution in [0.1, 0.15) is 18.4 Å². The topological polar surface area (TPSA) is 68.3 Å². The molecule has 3 heterocycles. The first kappa shape index (κ1) is 20.5. The molecule has 0 saturated carbocycles. The number of anilines is 1. The van der Waals surface area contributed by atoms with Gasteiger partial charge in [0.1, 0.15) is 11.5 Å². The Balaban J connectivity index is 1.17. The zero-order valence-electron chi connectivity index (χ0n) is 17.7. The number of rotatable bonds is 9. The molecule has 30 heavy (non-hydrogen) atoms. The second-order valence-corrected chi connectivity index (χ2v) is 7.62. The Labute approximate surface area is 178 Å². The van der Waals surface area contributed by atoms with Gasteiger partial charge in [0.25, 0.3) is 0 Å². The van der Waals surface area contributed by atoms with Crippen molar-refractivity contribution in [2.24, 2.45) is 5.73 Å². The lowest BCUT2D eigenvalue weighted by Gasteiger charge is -2.36. The molecule has 0 atom stereocenters. The van der Waals surface area contributed by atoms with Gasteiger partial charge in [-0.3, -0.25) is 4.90 Å². The molecule has 0 spiro atoms. The first-order chi connectivity index (χ1) is 14.8. The third-order valence-electron chi connectivity index (χ3n) is 5.73. The molecule has 7 heteroatoms. The second-order valence-electron chi connectivity index (χ2n) is 7.62. The summed E-state index contributed by atoms with van der Waals surface area (Å²) in [6, 6.07) is 12.2. The normalized spacial score (nSPS) is 14.9. The number of nitrogens with zero attached hydrogens (tertiary/aromatic N) is 4. The Kier molecular flexibility index (Phi) is 6.71. The van der Waals surface area contributed by atoms with E-state index in [0.717, 1.165) is 74.8 Å². The molecule has 4 rings (SSSR count). The smallest absolute Gasteiger partial charge is 0.142 e. The lowest BCUT2D eigenvalue weighted by Crippen LogP contribution is -2.46. The largest absolute Gasteiger partial charge is 0.495 e. The van der Waals surface area contributed by atoms with Crippen LogP contribution in [0.15, 0.2) is 48.8 Å². The standard InChI is InChI=1S/C23H31N5O2/c1-29-23-7-3-2-6-21(23)27-13-11-26(12-14-27)9-4-5-15-30-20-8-10-28-22(16-20)19(17-24)18-25-28/h2-3,6-8,10,16,18H,4-5,9,11-15,17,24H2,1H3. The molecule has 1 aliphatic rings. The van der Waals surface area contributed by atoms with Gasteiger partial charge in [0.2, 0.25) is 0 Å². The van der Waals surface area contributed by atoms with Crippen LogP contribution < -0.4 is 20.1 Å². The number of hydrogen-bond donors (Lipinski definition) is 1. The summed E-state index contributed by atoms with van der Waals surface area (Å²) in [5.74, 6) is 1.83. The van der Waals surface area contributed by atoms with E-state index in [1.807, 2.05) is 41.2 Å². The number of aromatic nitrogens is 2. The molecule has 3 aromatic rings. The molecular formula is C23H31N5O2. The number of pyridine rings is 1. The predicted molar refractivity (Wildman–Crippen MR) is 119 cm³/mol. The van der Waals surface area contributed by atoms with Gasteiger partial charge in [0, 0.05) is 50.6 Å². The van der Waals surface area contributed by atoms with Crippen molar-refractivity contribution < 1.29 is 9.47 Å². The van der Waals surface area contributed by atoms with Crippen LogP contribution in [0, 0.1) is 0 Å². The van der Waals surface area contributed by atoms with E-state index in [1.54, 1.807) is 7.11 Å². The van der Waals surface area contributed by atoms with E-state index in [9.17, 15) is 0 Å². The van der Waals surface area contributed by atoms with Crippen molar-refractivity contribution in [1.29, 1.82) is 0 Å². The Morgan fingerprint density at radius 2 is 1.90 bits per heavy atom. The number of hydrogen-bond acceptors (Lipinski definition) is 6. The van der Waals surface area contributed by atoms with Gasteiger partial charge in [-0.15, -0.1) is 0 Å². The monoisotopic (exact) mass is 409 g/mol. The van der Waals surface area contributed by atoms with Crippen molar-refractivity contribution >= 4 is 11.2 Å². The molecule has 0 bridgehead atoms. The van der Waals surface area contributed by atoms with Gasteiger partial charge in [-0.25, -0.2) is 4.52 Å². The molecule has 0 radical (unpaired) electrons. The molecule has 0 amide bonds. The minimum atomic E-state index is 0.483. The number of fused-ring (bicyclic) bond motifs is 1. The van der Waals surface area contributed by atoms with Crippen LogP contribution in [0.5, 0.6) is 11.5 Å². The van der Waals surface area contributed by atoms with E-state index in [-0.39, 0.29) is 0 Å². The predicted octanol–water partition coefficient (Wildman–Crippen LogP) is 2.78. The average molecular weight is 410 g/mol. The van der Waals surface area contributed by atoms with E-state index >= 15 is 0 Å². The lowest BCUT2D eigenvalue weighted by molar-refractivity contribution is 0.238. The molecule has 1 fully saturated rings. The summed E-state index contributed by atoms with van der Waals surface area (Å²) in [6.07, 6.45) is 5.91. The van der Waals surface area contributed by atoms with Gasteiger partial charge in [0.05, 0.1) is 31.1 Å². The van der Waals surface area contributed by atoms with Crippen LogP contribution in [-0.4, -0.2) is 61.0 Å². The SMILES string of the molecule is COc1ccccc1N1CCN(CCCCOc2ccn3ncc(CN)c3c2)CC1. The van der Waals surface area contributed by atoms with Crippen LogP contribution in [0.3, 0.4) is 0 Å². The van der Waals surface area contributed by atoms with Crippen molar-refractivity contribution in [3.05, 3.63) is 54.4 Å². The Hall–Kier alpha value is -2.77. The third-order valence-corrected chi connectivity index (χ3v) is 5.73. The van der Waals surface area contributed by atoms with E-state index in [0.29, 0.717) is 6.54 Å². The van der Waals surface area contributed by atoms with Crippen LogP contribution >= 0.6 is 0 Å². The summed E-state index contributed by atoms with van der Waals surface area (Å²) in [4.78, 5) is 4.96. The first-order valence-electron chi connectivity index (χ1n) is 10.7. The van der Waals surface area contributed by atoms with Gasteiger partial charge < -0.3 is 20.1 Å². The second kappa shape index (κ2) is 9.82. The summed E-state index contributed by atoms with van der Waals surface area (Å²) in [5, 5.41) is 4.29. The molecule has 7 nitrogen and oxygen atoms in total. The highest BCUT2D eigenvalue weighted by atomic mass is 16.5. The van der Waals surface area contributed by atoms with Gasteiger partial charge in [0.15, 0.2) is 0 Å². The number of nitrogens with two attached hydrogens (primary N) is 1. The lowest BCUT2D eigenvalue weighted by atomic mass is 10.2. The third kappa shape index (κ3) is 4.68. The fourth-order valence-corrected chi connectivity index (χ4v) is 3.99. The number of ether oxygens (including phenoxy) is 2. The Bertz CT molecular complexity index is 950. The maximum absolute atomic E-state index is 5.95. The summed E-state index contributed by atoms with van der Waals surface area (Å²) in [6.45, 7) is 6.55. The zero-order valence-corrected chi connectivity index (χ0v) is 17.7. The number of methoxy groups -OCH3 is 1. The van der Waals surface area contributed by atoms with E-state index in [2.05, 4.69) is 27.0 Å². The molecule has 0 unspecified atom stereocenters. The van der Waals surface area contributed by atoms with Gasteiger partial charge in [-0.2, -0.15) is 5.10 Å². The van der Waals surface area contributed by atoms with Gasteiger partial charge in [-0.1, -0.05) is 12.1 Å². The van der Waals surface area contributed by atoms with E-state index < -0.39 is 0 Å². The molecule has 1 saturated heterocycles. The maximum Gasteiger partial charge on any atom is 0.142 e. The summed E-state index contributed by atoms with van der Waals surface area (Å²) in [7, 11) is 1.74. The van der Waals surface area contributed by atoms with Crippen molar-refractivity contribution in [2.75, 3.05) is 51.3 Å². The average Bonchev–Trinajstić information content (AvgIpc) is 3.21. The highest BCUT2D eigenvalue weighted by Crippen LogP contribution is 2.28. The molecular weight excluding hydrogens is 378 g/mol. The molecule has 2 N–H and O–H groups in total. The molecule has 1 aromatic carbocycles. The molecule has 0 aliphatic carbocycles. The van der Waals surface area contributed by atoms with Crippen molar-refractivity contribution in [1.82, 2.24) is 14.5 Å². The highest BCUT2D eigenvalue weighted by molar-refractivity contribution is 5.58. The van der Waals surface area contributed by atoms with Crippen LogP contribution in [0.2, 0.25) is 0 Å². The van der Waals surface area contributed by atoms with Crippen LogP contribution in [0.25, 0.3) is 5.52 Å².